The molecule has 0 spiro atoms. The number of hydrogen-bond acceptors (Lipinski definition) is 1. The Morgan fingerprint density at radius 3 is 0.849 bits per heavy atom. The minimum Gasteiger partial charge on any atom is -0.119 e. The highest BCUT2D eigenvalue weighted by atomic mass is 79.9. The van der Waals surface area contributed by atoms with Gasteiger partial charge in [0.25, 0.3) is 0 Å². The van der Waals surface area contributed by atoms with Crippen molar-refractivity contribution < 1.29 is 0 Å². The van der Waals surface area contributed by atoms with Crippen LogP contribution in [0.25, 0.3) is 22.3 Å². The first kappa shape index (κ1) is 35.1. The van der Waals surface area contributed by atoms with Crippen molar-refractivity contribution >= 4 is 43.6 Å². The van der Waals surface area contributed by atoms with Gasteiger partial charge >= 0.3 is 0 Å². The SMILES string of the molecule is Brc1ccc(-c2ccccc2C(SC(c2ccccc2)(c2ccccc2)c2ccccc2-c2ccc(Br)cc2)(c2ccccc2)c2ccccc2)cc1. The first-order chi connectivity index (χ1) is 26.1. The minimum atomic E-state index is -0.704. The van der Waals surface area contributed by atoms with E-state index < -0.39 is 9.49 Å². The van der Waals surface area contributed by atoms with E-state index in [0.29, 0.717) is 0 Å². The number of hydrogen-bond donors (Lipinski definition) is 0. The summed E-state index contributed by atoms with van der Waals surface area (Å²) in [5.74, 6) is 0. The number of halogens is 2. The number of benzene rings is 8. The highest BCUT2D eigenvalue weighted by Gasteiger charge is 2.50. The van der Waals surface area contributed by atoms with Gasteiger partial charge in [0.1, 0.15) is 0 Å². The van der Waals surface area contributed by atoms with Gasteiger partial charge in [-0.2, -0.15) is 0 Å². The summed E-state index contributed by atoms with van der Waals surface area (Å²) >= 11 is 9.39. The third-order valence-electron chi connectivity index (χ3n) is 9.95. The Morgan fingerprint density at radius 2 is 0.547 bits per heavy atom. The molecule has 0 bridgehead atoms. The maximum absolute atomic E-state index is 3.69. The summed E-state index contributed by atoms with van der Waals surface area (Å²) in [6.45, 7) is 0. The minimum absolute atomic E-state index is 0.704. The third-order valence-corrected chi connectivity index (χ3v) is 13.0. The topological polar surface area (TPSA) is 0 Å². The van der Waals surface area contributed by atoms with Crippen molar-refractivity contribution in [1.82, 2.24) is 0 Å². The molecule has 0 unspecified atom stereocenters. The van der Waals surface area contributed by atoms with Gasteiger partial charge in [0.15, 0.2) is 0 Å². The van der Waals surface area contributed by atoms with Gasteiger partial charge in [-0.3, -0.25) is 0 Å². The first-order valence-corrected chi connectivity index (χ1v) is 20.1. The molecule has 0 atom stereocenters. The predicted octanol–water partition coefficient (Wildman–Crippen LogP) is 14.6. The molecule has 0 aliphatic rings. The van der Waals surface area contributed by atoms with Crippen LogP contribution in [0.3, 0.4) is 0 Å². The van der Waals surface area contributed by atoms with Crippen LogP contribution in [0.1, 0.15) is 33.4 Å². The summed E-state index contributed by atoms with van der Waals surface area (Å²) in [4.78, 5) is 0. The molecule has 8 aromatic carbocycles. The standard InChI is InChI=1S/C50H36Br2S/c51-43-33-29-37(30-34-43)45-25-13-15-27-47(45)49(39-17-5-1-6-18-39,40-19-7-2-8-20-40)53-50(41-21-9-3-10-22-41,42-23-11-4-12-24-42)48-28-16-14-26-46(48)38-31-35-44(52)36-32-38/h1-36H. The molecule has 0 aliphatic heterocycles. The fourth-order valence-corrected chi connectivity index (χ4v) is 10.1. The number of rotatable bonds is 10. The zero-order chi connectivity index (χ0) is 36.1. The van der Waals surface area contributed by atoms with Crippen LogP contribution >= 0.6 is 43.6 Å². The lowest BCUT2D eigenvalue weighted by atomic mass is 9.79. The summed E-state index contributed by atoms with van der Waals surface area (Å²) in [7, 11) is 0. The van der Waals surface area contributed by atoms with E-state index in [2.05, 4.69) is 250 Å². The molecule has 3 heteroatoms. The van der Waals surface area contributed by atoms with Gasteiger partial charge < -0.3 is 0 Å². The van der Waals surface area contributed by atoms with E-state index in [9.17, 15) is 0 Å². The van der Waals surface area contributed by atoms with Crippen LogP contribution < -0.4 is 0 Å². The fraction of sp³-hybridized carbons (Fsp3) is 0.0400. The molecule has 256 valence electrons. The highest BCUT2D eigenvalue weighted by Crippen LogP contribution is 2.63. The molecule has 0 fully saturated rings. The molecule has 0 amide bonds. The lowest BCUT2D eigenvalue weighted by molar-refractivity contribution is 0.834. The molecular weight excluding hydrogens is 792 g/mol. The van der Waals surface area contributed by atoms with E-state index in [1.165, 1.54) is 55.6 Å². The van der Waals surface area contributed by atoms with Gasteiger partial charge in [-0.1, -0.05) is 226 Å². The zero-order valence-electron chi connectivity index (χ0n) is 28.9. The molecule has 0 aliphatic carbocycles. The van der Waals surface area contributed by atoms with Crippen LogP contribution in [0.2, 0.25) is 0 Å². The Labute approximate surface area is 333 Å². The predicted molar refractivity (Wildman–Crippen MR) is 232 cm³/mol. The Kier molecular flexibility index (Phi) is 10.3. The Balaban J connectivity index is 1.55. The van der Waals surface area contributed by atoms with E-state index in [1.807, 2.05) is 11.8 Å². The van der Waals surface area contributed by atoms with Crippen molar-refractivity contribution in [2.24, 2.45) is 0 Å². The van der Waals surface area contributed by atoms with E-state index in [4.69, 9.17) is 0 Å². The van der Waals surface area contributed by atoms with Crippen LogP contribution in [0, 0.1) is 0 Å². The van der Waals surface area contributed by atoms with Crippen LogP contribution in [0.15, 0.2) is 227 Å². The lowest BCUT2D eigenvalue weighted by Gasteiger charge is -2.46. The second kappa shape index (κ2) is 15.6. The van der Waals surface area contributed by atoms with E-state index in [1.54, 1.807) is 0 Å². The van der Waals surface area contributed by atoms with E-state index in [-0.39, 0.29) is 0 Å². The largest absolute Gasteiger partial charge is 0.119 e. The van der Waals surface area contributed by atoms with Crippen LogP contribution in [-0.2, 0) is 9.49 Å². The van der Waals surface area contributed by atoms with Crippen LogP contribution in [0.4, 0.5) is 0 Å². The summed E-state index contributed by atoms with van der Waals surface area (Å²) in [6, 6.07) is 79.7. The van der Waals surface area contributed by atoms with Crippen molar-refractivity contribution in [3.8, 4) is 22.3 Å². The molecule has 8 aromatic rings. The van der Waals surface area contributed by atoms with Crippen molar-refractivity contribution in [2.75, 3.05) is 0 Å². The van der Waals surface area contributed by atoms with E-state index in [0.717, 1.165) is 8.95 Å². The smallest absolute Gasteiger partial charge is 0.0928 e. The van der Waals surface area contributed by atoms with Crippen molar-refractivity contribution in [3.05, 3.63) is 261 Å². The van der Waals surface area contributed by atoms with Gasteiger partial charge in [-0.25, -0.2) is 0 Å². The second-order valence-corrected chi connectivity index (χ2v) is 16.3. The monoisotopic (exact) mass is 826 g/mol. The molecule has 0 heterocycles. The third kappa shape index (κ3) is 6.74. The van der Waals surface area contributed by atoms with Gasteiger partial charge in [-0.05, 0) is 79.9 Å². The molecule has 0 aromatic heterocycles. The molecule has 0 nitrogen and oxygen atoms in total. The molecule has 53 heavy (non-hydrogen) atoms. The highest BCUT2D eigenvalue weighted by molar-refractivity contribution is 9.10. The van der Waals surface area contributed by atoms with Crippen LogP contribution in [0.5, 0.6) is 0 Å². The van der Waals surface area contributed by atoms with Gasteiger partial charge in [0.05, 0.1) is 9.49 Å². The van der Waals surface area contributed by atoms with Crippen molar-refractivity contribution in [1.29, 1.82) is 0 Å². The van der Waals surface area contributed by atoms with Gasteiger partial charge in [0.2, 0.25) is 0 Å². The molecule has 8 rings (SSSR count). The lowest BCUT2D eigenvalue weighted by Crippen LogP contribution is -2.36. The molecule has 0 N–H and O–H groups in total. The molecule has 0 radical (unpaired) electrons. The Hall–Kier alpha value is -4.93. The van der Waals surface area contributed by atoms with Crippen molar-refractivity contribution in [3.63, 3.8) is 0 Å². The maximum atomic E-state index is 3.69. The molecular formula is C50H36Br2S. The van der Waals surface area contributed by atoms with Crippen LogP contribution in [-0.4, -0.2) is 0 Å². The Bertz CT molecular complexity index is 2160. The molecule has 0 saturated heterocycles. The zero-order valence-corrected chi connectivity index (χ0v) is 32.9. The van der Waals surface area contributed by atoms with E-state index >= 15 is 0 Å². The van der Waals surface area contributed by atoms with Gasteiger partial charge in [-0.15, -0.1) is 11.8 Å². The van der Waals surface area contributed by atoms with Gasteiger partial charge in [0, 0.05) is 8.95 Å². The Morgan fingerprint density at radius 1 is 0.283 bits per heavy atom. The summed E-state index contributed by atoms with van der Waals surface area (Å²) < 4.78 is 0.708. The molecule has 0 saturated carbocycles. The summed E-state index contributed by atoms with van der Waals surface area (Å²) in [5, 5.41) is 0. The fourth-order valence-electron chi connectivity index (χ4n) is 7.56. The normalized spacial score (nSPS) is 11.7. The quantitative estimate of drug-likeness (QED) is 0.124. The average Bonchev–Trinajstić information content (AvgIpc) is 3.24. The second-order valence-electron chi connectivity index (χ2n) is 13.0. The summed E-state index contributed by atoms with van der Waals surface area (Å²) in [6.07, 6.45) is 0. The number of thioether (sulfide) groups is 1. The summed E-state index contributed by atoms with van der Waals surface area (Å²) in [5.41, 5.74) is 12.0. The van der Waals surface area contributed by atoms with Crippen molar-refractivity contribution in [2.45, 2.75) is 9.49 Å². The average molecular weight is 829 g/mol. The first-order valence-electron chi connectivity index (χ1n) is 17.7. The maximum Gasteiger partial charge on any atom is 0.0928 e.